The third kappa shape index (κ3) is 5.55. The minimum absolute atomic E-state index is 0.0420. The highest BCUT2D eigenvalue weighted by Gasteiger charge is 2.21. The fourth-order valence-corrected chi connectivity index (χ4v) is 2.29. The van der Waals surface area contributed by atoms with Crippen LogP contribution in [0.25, 0.3) is 0 Å². The maximum atomic E-state index is 12.7. The molecule has 9 heteroatoms. The van der Waals surface area contributed by atoms with Crippen LogP contribution in [0.4, 0.5) is 8.78 Å². The second kappa shape index (κ2) is 8.46. The summed E-state index contributed by atoms with van der Waals surface area (Å²) in [4.78, 5) is 4.14. The van der Waals surface area contributed by atoms with Gasteiger partial charge in [0.25, 0.3) is 0 Å². The number of nitrogens with one attached hydrogen (secondary N) is 2. The molecule has 6 nitrogen and oxygen atoms in total. The summed E-state index contributed by atoms with van der Waals surface area (Å²) in [5.41, 5.74) is 0.525. The van der Waals surface area contributed by atoms with Gasteiger partial charge >= 0.3 is 6.61 Å². The number of hydrogen-bond donors (Lipinski definition) is 2. The molecule has 25 heavy (non-hydrogen) atoms. The van der Waals surface area contributed by atoms with Crippen LogP contribution in [0.3, 0.4) is 0 Å². The minimum atomic E-state index is -2.92. The molecule has 0 bridgehead atoms. The van der Waals surface area contributed by atoms with Crippen molar-refractivity contribution >= 4 is 17.7 Å². The molecule has 2 N–H and O–H groups in total. The first-order valence-corrected chi connectivity index (χ1v) is 8.94. The molecular weight excluding hydrogens is 352 g/mol. The lowest BCUT2D eigenvalue weighted by Crippen LogP contribution is -2.43. The number of guanidine groups is 1. The molecule has 0 radical (unpaired) electrons. The van der Waals surface area contributed by atoms with Gasteiger partial charge in [0.2, 0.25) is 6.79 Å². The molecule has 0 unspecified atom stereocenters. The van der Waals surface area contributed by atoms with Crippen LogP contribution < -0.4 is 24.8 Å². The summed E-state index contributed by atoms with van der Waals surface area (Å²) >= 11 is 1.74. The maximum absolute atomic E-state index is 12.7. The number of rotatable bonds is 7. The van der Waals surface area contributed by atoms with E-state index < -0.39 is 6.61 Å². The maximum Gasteiger partial charge on any atom is 0.387 e. The van der Waals surface area contributed by atoms with E-state index in [9.17, 15) is 8.78 Å². The first kappa shape index (κ1) is 19.4. The van der Waals surface area contributed by atoms with Gasteiger partial charge in [-0.15, -0.1) is 0 Å². The molecule has 0 spiro atoms. The van der Waals surface area contributed by atoms with E-state index in [1.165, 1.54) is 6.07 Å². The van der Waals surface area contributed by atoms with Gasteiger partial charge in [0, 0.05) is 36.5 Å². The average Bonchev–Trinajstić information content (AvgIpc) is 3.01. The van der Waals surface area contributed by atoms with E-state index in [0.717, 1.165) is 0 Å². The zero-order valence-electron chi connectivity index (χ0n) is 14.7. The quantitative estimate of drug-likeness (QED) is 0.564. The summed E-state index contributed by atoms with van der Waals surface area (Å²) in [7, 11) is 1.65. The standard InChI is InChI=1S/C16H23F2N3O3S/c1-16(2,25-4)8-21-15(19-3)20-7-10-5-12-13(23-9-22-12)6-11(10)24-14(17)18/h5-6,14H,7-9H2,1-4H3,(H2,19,20,21). The molecule has 1 aliphatic heterocycles. The predicted octanol–water partition coefficient (Wildman–Crippen LogP) is 2.82. The van der Waals surface area contributed by atoms with E-state index in [0.29, 0.717) is 29.6 Å². The molecular formula is C16H23F2N3O3S. The van der Waals surface area contributed by atoms with Gasteiger partial charge in [-0.2, -0.15) is 20.5 Å². The summed E-state index contributed by atoms with van der Waals surface area (Å²) in [6.07, 6.45) is 2.04. The fourth-order valence-electron chi connectivity index (χ4n) is 2.08. The van der Waals surface area contributed by atoms with E-state index in [4.69, 9.17) is 9.47 Å². The van der Waals surface area contributed by atoms with Crippen molar-refractivity contribution in [2.24, 2.45) is 4.99 Å². The summed E-state index contributed by atoms with van der Waals surface area (Å²) in [5, 5.41) is 6.31. The topological polar surface area (TPSA) is 64.1 Å². The monoisotopic (exact) mass is 375 g/mol. The van der Waals surface area contributed by atoms with Crippen LogP contribution in [0.15, 0.2) is 17.1 Å². The summed E-state index contributed by atoms with van der Waals surface area (Å²) in [6, 6.07) is 3.05. The molecule has 2 rings (SSSR count). The van der Waals surface area contributed by atoms with Crippen LogP contribution in [0, 0.1) is 0 Å². The van der Waals surface area contributed by atoms with Gasteiger partial charge < -0.3 is 24.8 Å². The lowest BCUT2D eigenvalue weighted by Gasteiger charge is -2.24. The highest BCUT2D eigenvalue weighted by molar-refractivity contribution is 7.99. The first-order chi connectivity index (χ1) is 11.8. The Balaban J connectivity index is 2.05. The summed E-state index contributed by atoms with van der Waals surface area (Å²) < 4.78 is 40.5. The third-order valence-corrected chi connectivity index (χ3v) is 4.93. The van der Waals surface area contributed by atoms with Gasteiger partial charge in [-0.3, -0.25) is 4.99 Å². The Kier molecular flexibility index (Phi) is 6.57. The second-order valence-corrected chi connectivity index (χ2v) is 7.45. The number of fused-ring (bicyclic) bond motifs is 1. The van der Waals surface area contributed by atoms with Crippen LogP contribution in [-0.4, -0.2) is 44.0 Å². The van der Waals surface area contributed by atoms with Gasteiger partial charge in [-0.05, 0) is 26.2 Å². The smallest absolute Gasteiger partial charge is 0.387 e. The minimum Gasteiger partial charge on any atom is -0.454 e. The van der Waals surface area contributed by atoms with Crippen LogP contribution in [-0.2, 0) is 6.54 Å². The van der Waals surface area contributed by atoms with Gasteiger partial charge in [0.15, 0.2) is 17.5 Å². The molecule has 0 saturated heterocycles. The first-order valence-electron chi connectivity index (χ1n) is 7.71. The van der Waals surface area contributed by atoms with Crippen molar-refractivity contribution in [1.29, 1.82) is 0 Å². The van der Waals surface area contributed by atoms with E-state index >= 15 is 0 Å². The molecule has 0 amide bonds. The molecule has 0 aliphatic carbocycles. The third-order valence-electron chi connectivity index (χ3n) is 3.68. The van der Waals surface area contributed by atoms with Crippen LogP contribution in [0.2, 0.25) is 0 Å². The molecule has 1 heterocycles. The van der Waals surface area contributed by atoms with Crippen molar-refractivity contribution in [3.63, 3.8) is 0 Å². The zero-order chi connectivity index (χ0) is 18.4. The summed E-state index contributed by atoms with van der Waals surface area (Å²) in [5.74, 6) is 1.52. The molecule has 1 aromatic carbocycles. The Hall–Kier alpha value is -1.90. The normalized spacial score (nSPS) is 14.0. The van der Waals surface area contributed by atoms with E-state index in [-0.39, 0.29) is 23.8 Å². The molecule has 0 atom stereocenters. The molecule has 0 aromatic heterocycles. The number of thioether (sulfide) groups is 1. The number of benzene rings is 1. The Morgan fingerprint density at radius 1 is 1.32 bits per heavy atom. The van der Waals surface area contributed by atoms with E-state index in [1.54, 1.807) is 24.9 Å². The highest BCUT2D eigenvalue weighted by atomic mass is 32.2. The number of alkyl halides is 2. The van der Waals surface area contributed by atoms with Crippen molar-refractivity contribution in [2.45, 2.75) is 31.8 Å². The van der Waals surface area contributed by atoms with Crippen molar-refractivity contribution < 1.29 is 23.0 Å². The Labute approximate surface area is 150 Å². The Bertz CT molecular complexity index is 627. The van der Waals surface area contributed by atoms with Crippen molar-refractivity contribution in [3.8, 4) is 17.2 Å². The lowest BCUT2D eigenvalue weighted by molar-refractivity contribution is -0.0505. The van der Waals surface area contributed by atoms with Crippen molar-refractivity contribution in [1.82, 2.24) is 10.6 Å². The molecule has 1 aliphatic rings. The predicted molar refractivity (Wildman–Crippen MR) is 95.0 cm³/mol. The molecule has 1 aromatic rings. The fraction of sp³-hybridized carbons (Fsp3) is 0.562. The van der Waals surface area contributed by atoms with Crippen LogP contribution in [0.5, 0.6) is 17.2 Å². The Morgan fingerprint density at radius 3 is 2.60 bits per heavy atom. The average molecular weight is 375 g/mol. The van der Waals surface area contributed by atoms with Crippen molar-refractivity contribution in [3.05, 3.63) is 17.7 Å². The van der Waals surface area contributed by atoms with Gasteiger partial charge in [-0.25, -0.2) is 0 Å². The van der Waals surface area contributed by atoms with Crippen LogP contribution >= 0.6 is 11.8 Å². The number of aliphatic imine (C=N–C) groups is 1. The highest BCUT2D eigenvalue weighted by Crippen LogP contribution is 2.38. The zero-order valence-corrected chi connectivity index (χ0v) is 15.5. The van der Waals surface area contributed by atoms with Crippen LogP contribution in [0.1, 0.15) is 19.4 Å². The van der Waals surface area contributed by atoms with Gasteiger partial charge in [-0.1, -0.05) is 0 Å². The summed E-state index contributed by atoms with van der Waals surface area (Å²) in [6.45, 7) is 2.33. The molecule has 140 valence electrons. The number of halogens is 2. The number of nitrogens with zero attached hydrogens (tertiary/aromatic N) is 1. The van der Waals surface area contributed by atoms with Gasteiger partial charge in [0.05, 0.1) is 0 Å². The molecule has 0 fully saturated rings. The number of ether oxygens (including phenoxy) is 3. The number of hydrogen-bond acceptors (Lipinski definition) is 5. The van der Waals surface area contributed by atoms with E-state index in [2.05, 4.69) is 34.2 Å². The van der Waals surface area contributed by atoms with E-state index in [1.807, 2.05) is 6.26 Å². The second-order valence-electron chi connectivity index (χ2n) is 5.93. The SMILES string of the molecule is CN=C(NCc1cc2c(cc1OC(F)F)OCO2)NCC(C)(C)SC. The molecule has 0 saturated carbocycles. The lowest BCUT2D eigenvalue weighted by atomic mass is 10.1. The van der Waals surface area contributed by atoms with Gasteiger partial charge in [0.1, 0.15) is 5.75 Å². The Morgan fingerprint density at radius 2 is 2.00 bits per heavy atom. The van der Waals surface area contributed by atoms with Crippen molar-refractivity contribution in [2.75, 3.05) is 26.6 Å². The largest absolute Gasteiger partial charge is 0.454 e.